The molecule has 0 bridgehead atoms. The van der Waals surface area contributed by atoms with Gasteiger partial charge in [0, 0.05) is 23.8 Å². The lowest BCUT2D eigenvalue weighted by Gasteiger charge is -2.43. The van der Waals surface area contributed by atoms with Gasteiger partial charge in [-0.3, -0.25) is 4.79 Å². The average Bonchev–Trinajstić information content (AvgIpc) is 2.82. The molecule has 1 fully saturated rings. The van der Waals surface area contributed by atoms with Crippen molar-refractivity contribution >= 4 is 23.5 Å². The maximum atomic E-state index is 13.2. The van der Waals surface area contributed by atoms with Crippen LogP contribution in [0.5, 0.6) is 5.75 Å². The third-order valence-corrected chi connectivity index (χ3v) is 7.68. The number of halogens is 1. The van der Waals surface area contributed by atoms with E-state index < -0.39 is 30.4 Å². The van der Waals surface area contributed by atoms with Crippen molar-refractivity contribution in [3.05, 3.63) is 53.1 Å². The van der Waals surface area contributed by atoms with Gasteiger partial charge in [-0.1, -0.05) is 43.7 Å². The fourth-order valence-electron chi connectivity index (χ4n) is 5.60. The van der Waals surface area contributed by atoms with Crippen molar-refractivity contribution in [3.63, 3.8) is 0 Å². The van der Waals surface area contributed by atoms with Crippen LogP contribution in [0.3, 0.4) is 0 Å². The summed E-state index contributed by atoms with van der Waals surface area (Å²) in [7, 11) is 0. The molecule has 7 nitrogen and oxygen atoms in total. The molecule has 2 N–H and O–H groups in total. The van der Waals surface area contributed by atoms with Crippen LogP contribution in [-0.2, 0) is 19.1 Å². The molecule has 4 rings (SSSR count). The van der Waals surface area contributed by atoms with Crippen LogP contribution in [0.1, 0.15) is 52.4 Å². The second-order valence-electron chi connectivity index (χ2n) is 10.1. The van der Waals surface area contributed by atoms with E-state index in [0.29, 0.717) is 36.5 Å². The van der Waals surface area contributed by atoms with Crippen molar-refractivity contribution in [3.8, 4) is 5.75 Å². The van der Waals surface area contributed by atoms with Crippen LogP contribution in [0.2, 0.25) is 5.02 Å². The predicted molar refractivity (Wildman–Crippen MR) is 134 cm³/mol. The highest BCUT2D eigenvalue weighted by Gasteiger charge is 2.43. The Morgan fingerprint density at radius 1 is 1.19 bits per heavy atom. The monoisotopic (exact) mass is 518 g/mol. The van der Waals surface area contributed by atoms with Crippen LogP contribution < -0.4 is 4.74 Å². The van der Waals surface area contributed by atoms with Gasteiger partial charge in [-0.25, -0.2) is 4.79 Å². The molecule has 8 atom stereocenters. The molecule has 36 heavy (non-hydrogen) atoms. The molecule has 0 amide bonds. The molecule has 8 heteroatoms. The first-order chi connectivity index (χ1) is 17.2. The van der Waals surface area contributed by atoms with E-state index in [1.54, 1.807) is 24.3 Å². The number of hydrogen-bond donors (Lipinski definition) is 2. The van der Waals surface area contributed by atoms with Gasteiger partial charge in [-0.05, 0) is 60.9 Å². The summed E-state index contributed by atoms with van der Waals surface area (Å²) in [5.41, 5.74) is 0.960. The lowest BCUT2D eigenvalue weighted by Crippen LogP contribution is -2.44. The lowest BCUT2D eigenvalue weighted by molar-refractivity contribution is -0.165. The van der Waals surface area contributed by atoms with Crippen molar-refractivity contribution in [2.75, 3.05) is 0 Å². The van der Waals surface area contributed by atoms with E-state index in [2.05, 4.69) is 13.0 Å². The number of allylic oxidation sites excluding steroid dienone is 2. The van der Waals surface area contributed by atoms with Crippen molar-refractivity contribution in [2.45, 2.75) is 82.9 Å². The van der Waals surface area contributed by atoms with Crippen LogP contribution in [0.4, 0.5) is 0 Å². The van der Waals surface area contributed by atoms with E-state index in [-0.39, 0.29) is 36.2 Å². The molecule has 1 aromatic carbocycles. The SMILES string of the molecule is CC[C@H](Oc1ccc(Cl)cc1)C(=O)OC1CC(O)C=C2C=CC(C)C(CC[C@@H]3C[C@@H](O)CC(=O)O3)C21. The van der Waals surface area contributed by atoms with Crippen LogP contribution in [0.15, 0.2) is 48.1 Å². The van der Waals surface area contributed by atoms with Crippen molar-refractivity contribution in [2.24, 2.45) is 17.8 Å². The summed E-state index contributed by atoms with van der Waals surface area (Å²) in [6.07, 6.45) is 5.57. The number of rotatable bonds is 8. The van der Waals surface area contributed by atoms with E-state index in [4.69, 9.17) is 25.8 Å². The summed E-state index contributed by atoms with van der Waals surface area (Å²) in [6, 6.07) is 6.82. The average molecular weight is 519 g/mol. The maximum Gasteiger partial charge on any atom is 0.347 e. The normalized spacial score (nSPS) is 32.6. The number of esters is 2. The fraction of sp³-hybridized carbons (Fsp3) is 0.571. The molecular formula is C28H35ClO7. The molecule has 5 unspecified atom stereocenters. The fourth-order valence-corrected chi connectivity index (χ4v) is 5.73. The maximum absolute atomic E-state index is 13.2. The Labute approximate surface area is 217 Å². The number of hydrogen-bond acceptors (Lipinski definition) is 7. The smallest absolute Gasteiger partial charge is 0.347 e. The van der Waals surface area contributed by atoms with Crippen molar-refractivity contribution in [1.29, 1.82) is 0 Å². The first kappa shape index (κ1) is 26.7. The number of aliphatic hydroxyl groups excluding tert-OH is 2. The summed E-state index contributed by atoms with van der Waals surface area (Å²) in [5, 5.41) is 21.0. The van der Waals surface area contributed by atoms with E-state index in [1.807, 2.05) is 19.1 Å². The molecular weight excluding hydrogens is 484 g/mol. The van der Waals surface area contributed by atoms with Crippen LogP contribution in [0.25, 0.3) is 0 Å². The Kier molecular flexibility index (Phi) is 8.75. The van der Waals surface area contributed by atoms with E-state index in [9.17, 15) is 19.8 Å². The third-order valence-electron chi connectivity index (χ3n) is 7.42. The van der Waals surface area contributed by atoms with Gasteiger partial charge in [0.1, 0.15) is 18.0 Å². The minimum atomic E-state index is -0.782. The largest absolute Gasteiger partial charge is 0.479 e. The van der Waals surface area contributed by atoms with Gasteiger partial charge in [-0.2, -0.15) is 0 Å². The molecule has 0 spiro atoms. The van der Waals surface area contributed by atoms with Gasteiger partial charge in [0.15, 0.2) is 6.10 Å². The zero-order valence-corrected chi connectivity index (χ0v) is 21.5. The Morgan fingerprint density at radius 2 is 1.94 bits per heavy atom. The predicted octanol–water partition coefficient (Wildman–Crippen LogP) is 4.39. The van der Waals surface area contributed by atoms with Gasteiger partial charge in [0.2, 0.25) is 0 Å². The lowest BCUT2D eigenvalue weighted by atomic mass is 9.66. The van der Waals surface area contributed by atoms with Crippen molar-refractivity contribution < 1.29 is 34.0 Å². The summed E-state index contributed by atoms with van der Waals surface area (Å²) in [5.74, 6) is -0.0499. The number of carbonyl (C=O) groups is 2. The van der Waals surface area contributed by atoms with Crippen LogP contribution in [0, 0.1) is 17.8 Å². The molecule has 1 heterocycles. The number of aliphatic hydroxyl groups is 2. The van der Waals surface area contributed by atoms with Crippen LogP contribution >= 0.6 is 11.6 Å². The molecule has 2 aliphatic carbocycles. The Hall–Kier alpha value is -2.35. The number of ether oxygens (including phenoxy) is 3. The van der Waals surface area contributed by atoms with Crippen LogP contribution in [-0.4, -0.2) is 52.7 Å². The standard InChI is InChI=1S/C28H35ClO7/c1-3-24(34-21-8-6-18(29)7-9-21)28(33)36-25-14-19(30)12-17-5-4-16(2)23(27(17)25)11-10-22-13-20(31)15-26(32)35-22/h4-9,12,16,19-20,22-25,27,30-31H,3,10-11,13-15H2,1-2H3/t16?,19?,20-,22-,23?,24+,25?,27?/m1/s1. The first-order valence-corrected chi connectivity index (χ1v) is 13.2. The Balaban J connectivity index is 1.47. The highest BCUT2D eigenvalue weighted by atomic mass is 35.5. The Morgan fingerprint density at radius 3 is 2.64 bits per heavy atom. The summed E-state index contributed by atoms with van der Waals surface area (Å²) < 4.78 is 17.4. The van der Waals surface area contributed by atoms with Gasteiger partial charge in [0.05, 0.1) is 18.6 Å². The zero-order chi connectivity index (χ0) is 25.8. The van der Waals surface area contributed by atoms with Gasteiger partial charge < -0.3 is 24.4 Å². The minimum absolute atomic E-state index is 0.0428. The molecule has 1 aliphatic heterocycles. The third kappa shape index (κ3) is 6.50. The van der Waals surface area contributed by atoms with Gasteiger partial charge >= 0.3 is 11.9 Å². The summed E-state index contributed by atoms with van der Waals surface area (Å²) in [4.78, 5) is 25.0. The van der Waals surface area contributed by atoms with Crippen molar-refractivity contribution in [1.82, 2.24) is 0 Å². The van der Waals surface area contributed by atoms with E-state index in [1.165, 1.54) is 0 Å². The molecule has 0 radical (unpaired) electrons. The molecule has 3 aliphatic rings. The minimum Gasteiger partial charge on any atom is -0.479 e. The molecule has 196 valence electrons. The van der Waals surface area contributed by atoms with Gasteiger partial charge in [0.25, 0.3) is 0 Å². The first-order valence-electron chi connectivity index (χ1n) is 12.8. The summed E-state index contributed by atoms with van der Waals surface area (Å²) >= 11 is 5.95. The zero-order valence-electron chi connectivity index (χ0n) is 20.7. The highest BCUT2D eigenvalue weighted by Crippen LogP contribution is 2.44. The second-order valence-corrected chi connectivity index (χ2v) is 10.5. The number of cyclic esters (lactones) is 1. The molecule has 0 saturated carbocycles. The highest BCUT2D eigenvalue weighted by molar-refractivity contribution is 6.30. The quantitative estimate of drug-likeness (QED) is 0.492. The van der Waals surface area contributed by atoms with Gasteiger partial charge in [-0.15, -0.1) is 0 Å². The molecule has 0 aromatic heterocycles. The second kappa shape index (κ2) is 11.8. The number of carbonyl (C=O) groups excluding carboxylic acids is 2. The number of fused-ring (bicyclic) bond motifs is 1. The van der Waals surface area contributed by atoms with E-state index in [0.717, 1.165) is 12.0 Å². The summed E-state index contributed by atoms with van der Waals surface area (Å²) in [6.45, 7) is 3.99. The molecule has 1 saturated heterocycles. The topological polar surface area (TPSA) is 102 Å². The Bertz CT molecular complexity index is 988. The molecule has 1 aromatic rings. The number of benzene rings is 1. The van der Waals surface area contributed by atoms with E-state index >= 15 is 0 Å².